The average molecular weight is 381 g/mol. The normalized spacial score (nSPS) is 11.6. The molecule has 0 N–H and O–H groups in total. The van der Waals surface area contributed by atoms with Gasteiger partial charge in [0.25, 0.3) is 0 Å². The molecule has 0 bridgehead atoms. The molecule has 0 atom stereocenters. The molecule has 27 heavy (non-hydrogen) atoms. The standard InChI is InChI=1S/C20H20FN5S/c1-14(2)11-26-19(16-7-3-4-8-17(16)21)23-24-20(26)27-13-15-12-25-10-6-5-9-18(25)22-15/h3-10,12,14H,11,13H2,1-2H3. The van der Waals surface area contributed by atoms with Gasteiger partial charge in [-0.15, -0.1) is 10.2 Å². The molecule has 4 aromatic rings. The van der Waals surface area contributed by atoms with Gasteiger partial charge in [0, 0.05) is 24.7 Å². The van der Waals surface area contributed by atoms with Crippen molar-refractivity contribution in [2.24, 2.45) is 5.92 Å². The fourth-order valence-electron chi connectivity index (χ4n) is 2.96. The van der Waals surface area contributed by atoms with E-state index < -0.39 is 0 Å². The number of halogens is 1. The van der Waals surface area contributed by atoms with Crippen molar-refractivity contribution in [2.75, 3.05) is 0 Å². The van der Waals surface area contributed by atoms with Crippen LogP contribution in [-0.2, 0) is 12.3 Å². The second kappa shape index (κ2) is 7.52. The van der Waals surface area contributed by atoms with Crippen LogP contribution in [0.15, 0.2) is 60.0 Å². The van der Waals surface area contributed by atoms with Crippen LogP contribution in [0.5, 0.6) is 0 Å². The van der Waals surface area contributed by atoms with Crippen LogP contribution in [0.4, 0.5) is 4.39 Å². The summed E-state index contributed by atoms with van der Waals surface area (Å²) in [4.78, 5) is 4.62. The van der Waals surface area contributed by atoms with E-state index in [9.17, 15) is 4.39 Å². The minimum atomic E-state index is -0.285. The highest BCUT2D eigenvalue weighted by molar-refractivity contribution is 7.98. The predicted octanol–water partition coefficient (Wildman–Crippen LogP) is 4.68. The zero-order valence-electron chi connectivity index (χ0n) is 15.2. The van der Waals surface area contributed by atoms with Crippen LogP contribution in [0, 0.1) is 11.7 Å². The SMILES string of the molecule is CC(C)Cn1c(SCc2cn3ccccc3n2)nnc1-c1ccccc1F. The van der Waals surface area contributed by atoms with Gasteiger partial charge in [0.1, 0.15) is 11.5 Å². The Morgan fingerprint density at radius 1 is 1.07 bits per heavy atom. The summed E-state index contributed by atoms with van der Waals surface area (Å²) in [6, 6.07) is 12.6. The van der Waals surface area contributed by atoms with Crippen LogP contribution >= 0.6 is 11.8 Å². The summed E-state index contributed by atoms with van der Waals surface area (Å²) in [6.07, 6.45) is 4.00. The number of pyridine rings is 1. The van der Waals surface area contributed by atoms with E-state index in [0.29, 0.717) is 23.1 Å². The molecule has 138 valence electrons. The number of thioether (sulfide) groups is 1. The van der Waals surface area contributed by atoms with Crippen molar-refractivity contribution < 1.29 is 4.39 Å². The van der Waals surface area contributed by atoms with Gasteiger partial charge in [-0.3, -0.25) is 0 Å². The molecular formula is C20H20FN5S. The third-order valence-corrected chi connectivity index (χ3v) is 5.14. The Morgan fingerprint density at radius 2 is 1.89 bits per heavy atom. The quantitative estimate of drug-likeness (QED) is 0.455. The van der Waals surface area contributed by atoms with Crippen molar-refractivity contribution in [3.05, 3.63) is 66.4 Å². The van der Waals surface area contributed by atoms with Gasteiger partial charge >= 0.3 is 0 Å². The first kappa shape index (κ1) is 17.7. The third kappa shape index (κ3) is 3.73. The molecule has 3 aromatic heterocycles. The summed E-state index contributed by atoms with van der Waals surface area (Å²) in [5.41, 5.74) is 2.37. The lowest BCUT2D eigenvalue weighted by Crippen LogP contribution is -2.08. The van der Waals surface area contributed by atoms with Gasteiger partial charge in [0.2, 0.25) is 0 Å². The number of rotatable bonds is 6. The highest BCUT2D eigenvalue weighted by Crippen LogP contribution is 2.28. The summed E-state index contributed by atoms with van der Waals surface area (Å²) < 4.78 is 18.3. The maximum Gasteiger partial charge on any atom is 0.191 e. The van der Waals surface area contributed by atoms with Crippen molar-refractivity contribution in [1.29, 1.82) is 0 Å². The van der Waals surface area contributed by atoms with Crippen LogP contribution in [0.2, 0.25) is 0 Å². The van der Waals surface area contributed by atoms with Crippen LogP contribution in [-0.4, -0.2) is 24.1 Å². The lowest BCUT2D eigenvalue weighted by atomic mass is 10.2. The van der Waals surface area contributed by atoms with E-state index in [1.807, 2.05) is 45.6 Å². The summed E-state index contributed by atoms with van der Waals surface area (Å²) in [7, 11) is 0. The third-order valence-electron chi connectivity index (χ3n) is 4.14. The van der Waals surface area contributed by atoms with Gasteiger partial charge in [-0.25, -0.2) is 9.37 Å². The Bertz CT molecular complexity index is 1040. The molecule has 3 heterocycles. The largest absolute Gasteiger partial charge is 0.307 e. The summed E-state index contributed by atoms with van der Waals surface area (Å²) >= 11 is 1.57. The maximum absolute atomic E-state index is 14.3. The second-order valence-electron chi connectivity index (χ2n) is 6.78. The van der Waals surface area contributed by atoms with Crippen molar-refractivity contribution in [2.45, 2.75) is 31.3 Å². The fourth-order valence-corrected chi connectivity index (χ4v) is 3.79. The minimum Gasteiger partial charge on any atom is -0.307 e. The van der Waals surface area contributed by atoms with E-state index in [1.165, 1.54) is 6.07 Å². The van der Waals surface area contributed by atoms with Crippen LogP contribution in [0.25, 0.3) is 17.0 Å². The van der Waals surface area contributed by atoms with Gasteiger partial charge in [-0.1, -0.05) is 43.8 Å². The minimum absolute atomic E-state index is 0.285. The lowest BCUT2D eigenvalue weighted by molar-refractivity contribution is 0.496. The molecule has 0 radical (unpaired) electrons. The molecule has 0 fully saturated rings. The van der Waals surface area contributed by atoms with Crippen molar-refractivity contribution >= 4 is 17.4 Å². The molecule has 0 unspecified atom stereocenters. The molecule has 0 aliphatic rings. The number of fused-ring (bicyclic) bond motifs is 1. The highest BCUT2D eigenvalue weighted by atomic mass is 32.2. The first-order valence-electron chi connectivity index (χ1n) is 8.85. The second-order valence-corrected chi connectivity index (χ2v) is 7.72. The first-order valence-corrected chi connectivity index (χ1v) is 9.84. The lowest BCUT2D eigenvalue weighted by Gasteiger charge is -2.12. The molecule has 0 spiro atoms. The molecule has 1 aromatic carbocycles. The predicted molar refractivity (Wildman–Crippen MR) is 105 cm³/mol. The Hall–Kier alpha value is -2.67. The monoisotopic (exact) mass is 381 g/mol. The molecule has 7 heteroatoms. The van der Waals surface area contributed by atoms with Crippen LogP contribution in [0.1, 0.15) is 19.5 Å². The molecule has 0 saturated carbocycles. The Morgan fingerprint density at radius 3 is 2.67 bits per heavy atom. The van der Waals surface area contributed by atoms with Gasteiger partial charge < -0.3 is 8.97 Å². The Kier molecular flexibility index (Phi) is 4.94. The molecule has 0 aliphatic carbocycles. The van der Waals surface area contributed by atoms with E-state index in [1.54, 1.807) is 23.9 Å². The van der Waals surface area contributed by atoms with Gasteiger partial charge in [-0.2, -0.15) is 0 Å². The first-order chi connectivity index (χ1) is 13.1. The number of imidazole rings is 1. The van der Waals surface area contributed by atoms with Gasteiger partial charge in [0.05, 0.1) is 11.3 Å². The van der Waals surface area contributed by atoms with Crippen molar-refractivity contribution in [3.8, 4) is 11.4 Å². The van der Waals surface area contributed by atoms with E-state index in [4.69, 9.17) is 0 Å². The van der Waals surface area contributed by atoms with E-state index in [0.717, 1.165) is 23.0 Å². The maximum atomic E-state index is 14.3. The fraction of sp³-hybridized carbons (Fsp3) is 0.250. The molecule has 0 aliphatic heterocycles. The summed E-state index contributed by atoms with van der Waals surface area (Å²) in [6.45, 7) is 4.98. The average Bonchev–Trinajstić information content (AvgIpc) is 3.23. The molecular weight excluding hydrogens is 361 g/mol. The highest BCUT2D eigenvalue weighted by Gasteiger charge is 2.18. The van der Waals surface area contributed by atoms with Crippen molar-refractivity contribution in [3.63, 3.8) is 0 Å². The molecule has 0 saturated heterocycles. The number of nitrogens with zero attached hydrogens (tertiary/aromatic N) is 5. The summed E-state index contributed by atoms with van der Waals surface area (Å²) in [5, 5.41) is 9.39. The number of benzene rings is 1. The smallest absolute Gasteiger partial charge is 0.191 e. The van der Waals surface area contributed by atoms with E-state index in [-0.39, 0.29) is 5.82 Å². The Labute approximate surface area is 161 Å². The van der Waals surface area contributed by atoms with Crippen LogP contribution < -0.4 is 0 Å². The number of aromatic nitrogens is 5. The van der Waals surface area contributed by atoms with E-state index in [2.05, 4.69) is 29.0 Å². The Balaban J connectivity index is 1.63. The molecule has 0 amide bonds. The zero-order valence-corrected chi connectivity index (χ0v) is 16.0. The van der Waals surface area contributed by atoms with E-state index >= 15 is 0 Å². The van der Waals surface area contributed by atoms with Crippen molar-refractivity contribution in [1.82, 2.24) is 24.1 Å². The molecule has 4 rings (SSSR count). The van der Waals surface area contributed by atoms with Gasteiger partial charge in [-0.05, 0) is 30.2 Å². The number of hydrogen-bond acceptors (Lipinski definition) is 4. The zero-order chi connectivity index (χ0) is 18.8. The summed E-state index contributed by atoms with van der Waals surface area (Å²) in [5.74, 6) is 1.35. The topological polar surface area (TPSA) is 48.0 Å². The van der Waals surface area contributed by atoms with Crippen LogP contribution in [0.3, 0.4) is 0 Å². The number of hydrogen-bond donors (Lipinski definition) is 0. The van der Waals surface area contributed by atoms with Gasteiger partial charge in [0.15, 0.2) is 11.0 Å². The molecule has 5 nitrogen and oxygen atoms in total.